The normalized spacial score (nSPS) is 22.4. The number of hydrogen-bond donors (Lipinski definition) is 2. The zero-order chi connectivity index (χ0) is 21.7. The minimum Gasteiger partial charge on any atom is -0.496 e. The highest BCUT2D eigenvalue weighted by Gasteiger charge is 2.58. The molecule has 9 heteroatoms. The molecule has 3 aromatic rings. The number of fused-ring (bicyclic) bond motifs is 2. The smallest absolute Gasteiger partial charge is 0.221 e. The van der Waals surface area contributed by atoms with E-state index in [0.717, 1.165) is 29.8 Å². The Balaban J connectivity index is 1.44. The number of nitrogens with two attached hydrogens (primary N) is 1. The van der Waals surface area contributed by atoms with Crippen molar-refractivity contribution in [3.8, 4) is 5.75 Å². The fourth-order valence-corrected chi connectivity index (χ4v) is 4.85. The predicted molar refractivity (Wildman–Crippen MR) is 116 cm³/mol. The van der Waals surface area contributed by atoms with E-state index in [9.17, 15) is 9.18 Å². The van der Waals surface area contributed by atoms with Gasteiger partial charge in [-0.2, -0.15) is 0 Å². The van der Waals surface area contributed by atoms with Crippen molar-refractivity contribution in [2.24, 2.45) is 23.5 Å². The van der Waals surface area contributed by atoms with E-state index in [1.54, 1.807) is 19.2 Å². The summed E-state index contributed by atoms with van der Waals surface area (Å²) in [6.07, 6.45) is 1.42. The van der Waals surface area contributed by atoms with Crippen molar-refractivity contribution >= 4 is 39.9 Å². The first kappa shape index (κ1) is 20.0. The topological polar surface area (TPSA) is 93.4 Å². The summed E-state index contributed by atoms with van der Waals surface area (Å²) in [4.78, 5) is 22.4. The van der Waals surface area contributed by atoms with Crippen LogP contribution in [0.15, 0.2) is 36.7 Å². The number of amides is 1. The molecule has 5 rings (SSSR count). The molecule has 1 saturated carbocycles. The second-order valence-corrected chi connectivity index (χ2v) is 8.49. The number of piperidine rings is 1. The zero-order valence-corrected chi connectivity index (χ0v) is 17.6. The van der Waals surface area contributed by atoms with Gasteiger partial charge in [-0.05, 0) is 30.0 Å². The lowest BCUT2D eigenvalue weighted by atomic mass is 10.1. The summed E-state index contributed by atoms with van der Waals surface area (Å²) in [5.41, 5.74) is 7.35. The largest absolute Gasteiger partial charge is 0.496 e. The molecule has 2 aromatic carbocycles. The number of benzene rings is 2. The lowest BCUT2D eigenvalue weighted by Crippen LogP contribution is -2.28. The monoisotopic (exact) mass is 441 g/mol. The lowest BCUT2D eigenvalue weighted by Gasteiger charge is -2.21. The number of anilines is 2. The molecule has 1 aliphatic carbocycles. The SMILES string of the molecule is COc1cc2ncnc(Nc3cccc(Cl)c3F)c2cc1CN1C[C@@H]2[C@H](C1)[C@H]2C(N)=O. The van der Waals surface area contributed by atoms with Crippen molar-refractivity contribution in [1.29, 1.82) is 0 Å². The average Bonchev–Trinajstić information content (AvgIpc) is 3.27. The van der Waals surface area contributed by atoms with E-state index in [4.69, 9.17) is 22.1 Å². The molecule has 0 radical (unpaired) electrons. The summed E-state index contributed by atoms with van der Waals surface area (Å²) in [5.74, 6) is 1.20. The molecule has 1 aromatic heterocycles. The first-order valence-corrected chi connectivity index (χ1v) is 10.4. The molecule has 31 heavy (non-hydrogen) atoms. The third-order valence-corrected chi connectivity index (χ3v) is 6.53. The van der Waals surface area contributed by atoms with Crippen LogP contribution in [0.25, 0.3) is 10.9 Å². The Morgan fingerprint density at radius 1 is 1.32 bits per heavy atom. The number of rotatable bonds is 6. The summed E-state index contributed by atoms with van der Waals surface area (Å²) in [7, 11) is 1.62. The molecule has 1 aliphatic heterocycles. The van der Waals surface area contributed by atoms with E-state index in [-0.39, 0.29) is 22.5 Å². The van der Waals surface area contributed by atoms with E-state index in [2.05, 4.69) is 20.2 Å². The number of methoxy groups -OCH3 is 1. The summed E-state index contributed by atoms with van der Waals surface area (Å²) in [6, 6.07) is 8.59. The quantitative estimate of drug-likeness (QED) is 0.609. The first-order valence-electron chi connectivity index (χ1n) is 10.0. The van der Waals surface area contributed by atoms with Crippen LogP contribution in [-0.2, 0) is 11.3 Å². The highest BCUT2D eigenvalue weighted by Crippen LogP contribution is 2.51. The van der Waals surface area contributed by atoms with Crippen LogP contribution in [0, 0.1) is 23.6 Å². The number of ether oxygens (including phenoxy) is 1. The van der Waals surface area contributed by atoms with E-state index in [1.165, 1.54) is 12.4 Å². The average molecular weight is 442 g/mol. The van der Waals surface area contributed by atoms with Gasteiger partial charge in [-0.25, -0.2) is 14.4 Å². The van der Waals surface area contributed by atoms with Gasteiger partial charge in [0.15, 0.2) is 5.82 Å². The first-order chi connectivity index (χ1) is 15.0. The van der Waals surface area contributed by atoms with Crippen LogP contribution in [-0.4, -0.2) is 41.0 Å². The zero-order valence-electron chi connectivity index (χ0n) is 16.8. The van der Waals surface area contributed by atoms with Crippen molar-refractivity contribution in [3.63, 3.8) is 0 Å². The molecule has 1 saturated heterocycles. The molecule has 0 unspecified atom stereocenters. The van der Waals surface area contributed by atoms with E-state index in [1.807, 2.05) is 12.1 Å². The number of likely N-dealkylation sites (tertiary alicyclic amines) is 1. The molecule has 0 spiro atoms. The fraction of sp³-hybridized carbons (Fsp3) is 0.318. The van der Waals surface area contributed by atoms with Gasteiger partial charge >= 0.3 is 0 Å². The molecule has 3 N–H and O–H groups in total. The minimum atomic E-state index is -0.537. The fourth-order valence-electron chi connectivity index (χ4n) is 4.68. The van der Waals surface area contributed by atoms with E-state index >= 15 is 0 Å². The van der Waals surface area contributed by atoms with E-state index < -0.39 is 5.82 Å². The maximum Gasteiger partial charge on any atom is 0.221 e. The highest BCUT2D eigenvalue weighted by molar-refractivity contribution is 6.31. The highest BCUT2D eigenvalue weighted by atomic mass is 35.5. The van der Waals surface area contributed by atoms with E-state index in [0.29, 0.717) is 29.7 Å². The second kappa shape index (κ2) is 7.62. The van der Waals surface area contributed by atoms with Gasteiger partial charge in [0.2, 0.25) is 5.91 Å². The number of halogens is 2. The Labute approximate surface area is 183 Å². The number of nitrogens with zero attached hydrogens (tertiary/aromatic N) is 3. The van der Waals surface area contributed by atoms with Gasteiger partial charge in [-0.1, -0.05) is 17.7 Å². The maximum atomic E-state index is 14.4. The number of aromatic nitrogens is 2. The van der Waals surface area contributed by atoms with Crippen molar-refractivity contribution in [1.82, 2.24) is 14.9 Å². The molecular formula is C22H21ClFN5O2. The Morgan fingerprint density at radius 3 is 2.81 bits per heavy atom. The van der Waals surface area contributed by atoms with Crippen LogP contribution >= 0.6 is 11.6 Å². The molecule has 2 aliphatic rings. The molecule has 2 fully saturated rings. The van der Waals surface area contributed by atoms with Crippen LogP contribution in [0.3, 0.4) is 0 Å². The van der Waals surface area contributed by atoms with Crippen LogP contribution < -0.4 is 15.8 Å². The third-order valence-electron chi connectivity index (χ3n) is 6.23. The summed E-state index contributed by atoms with van der Waals surface area (Å²) >= 11 is 5.90. The number of hydrogen-bond acceptors (Lipinski definition) is 6. The van der Waals surface area contributed by atoms with Gasteiger partial charge in [-0.15, -0.1) is 0 Å². The standard InChI is InChI=1S/C22H21ClFN5O2/c1-31-18-6-17-12(5-11(18)7-29-8-13-14(9-29)19(13)21(25)30)22(27-10-26-17)28-16-4-2-3-15(23)20(16)24/h2-6,10,13-14,19H,7-9H2,1H3,(H2,25,30)(H,26,27,28)/t13-,14+,19+. The Kier molecular flexibility index (Phi) is 4.91. The van der Waals surface area contributed by atoms with Gasteiger partial charge in [-0.3, -0.25) is 9.69 Å². The third kappa shape index (κ3) is 3.55. The second-order valence-electron chi connectivity index (χ2n) is 8.08. The summed E-state index contributed by atoms with van der Waals surface area (Å²) in [5, 5.41) is 3.81. The van der Waals surface area contributed by atoms with Gasteiger partial charge in [0, 0.05) is 42.6 Å². The predicted octanol–water partition coefficient (Wildman–Crippen LogP) is 3.34. The number of carbonyl (C=O) groups is 1. The van der Waals surface area contributed by atoms with Crippen LogP contribution in [0.2, 0.25) is 5.02 Å². The van der Waals surface area contributed by atoms with Crippen LogP contribution in [0.1, 0.15) is 5.56 Å². The molecule has 1 amide bonds. The van der Waals surface area contributed by atoms with Crippen molar-refractivity contribution in [2.75, 3.05) is 25.5 Å². The molecule has 7 nitrogen and oxygen atoms in total. The van der Waals surface area contributed by atoms with Gasteiger partial charge in [0.1, 0.15) is 17.9 Å². The van der Waals surface area contributed by atoms with Crippen LogP contribution in [0.4, 0.5) is 15.9 Å². The number of primary amides is 1. The van der Waals surface area contributed by atoms with Crippen molar-refractivity contribution in [2.45, 2.75) is 6.54 Å². The minimum absolute atomic E-state index is 0.0199. The molecule has 3 atom stereocenters. The van der Waals surface area contributed by atoms with Gasteiger partial charge in [0.25, 0.3) is 0 Å². The Morgan fingerprint density at radius 2 is 2.10 bits per heavy atom. The summed E-state index contributed by atoms with van der Waals surface area (Å²) < 4.78 is 20.0. The Hall–Kier alpha value is -2.97. The van der Waals surface area contributed by atoms with Crippen LogP contribution in [0.5, 0.6) is 5.75 Å². The number of nitrogens with one attached hydrogen (secondary N) is 1. The van der Waals surface area contributed by atoms with Gasteiger partial charge in [0.05, 0.1) is 23.3 Å². The van der Waals surface area contributed by atoms with Crippen molar-refractivity contribution in [3.05, 3.63) is 53.1 Å². The summed E-state index contributed by atoms with van der Waals surface area (Å²) in [6.45, 7) is 2.34. The molecule has 0 bridgehead atoms. The lowest BCUT2D eigenvalue weighted by molar-refractivity contribution is -0.120. The Bertz CT molecular complexity index is 1180. The maximum absolute atomic E-state index is 14.4. The van der Waals surface area contributed by atoms with Gasteiger partial charge < -0.3 is 15.8 Å². The number of carbonyl (C=O) groups excluding carboxylic acids is 1. The molecule has 160 valence electrons. The molecule has 2 heterocycles. The van der Waals surface area contributed by atoms with Crippen molar-refractivity contribution < 1.29 is 13.9 Å². The molecular weight excluding hydrogens is 421 g/mol.